The van der Waals surface area contributed by atoms with E-state index in [9.17, 15) is 4.79 Å². The number of ketones is 1. The van der Waals surface area contributed by atoms with E-state index in [1.54, 1.807) is 0 Å². The van der Waals surface area contributed by atoms with Crippen LogP contribution >= 0.6 is 15.9 Å². The lowest BCUT2D eigenvalue weighted by atomic mass is 10.1. The molecule has 3 heteroatoms. The van der Waals surface area contributed by atoms with Gasteiger partial charge in [0, 0.05) is 16.6 Å². The molecule has 82 valence electrons. The molecule has 0 aliphatic carbocycles. The monoisotopic (exact) mass is 270 g/mol. The highest BCUT2D eigenvalue weighted by molar-refractivity contribution is 9.10. The quantitative estimate of drug-likeness (QED) is 0.606. The van der Waals surface area contributed by atoms with Gasteiger partial charge in [-0.25, -0.2) is 0 Å². The van der Waals surface area contributed by atoms with E-state index in [4.69, 9.17) is 4.74 Å². The Morgan fingerprint density at radius 2 is 2.20 bits per heavy atom. The van der Waals surface area contributed by atoms with Crippen LogP contribution in [-0.4, -0.2) is 19.0 Å². The van der Waals surface area contributed by atoms with Gasteiger partial charge in [-0.3, -0.25) is 4.79 Å². The highest BCUT2D eigenvalue weighted by Crippen LogP contribution is 2.18. The number of benzene rings is 1. The first-order valence-electron chi connectivity index (χ1n) is 5.02. The van der Waals surface area contributed by atoms with Crippen molar-refractivity contribution < 1.29 is 9.53 Å². The zero-order valence-corrected chi connectivity index (χ0v) is 10.6. The summed E-state index contributed by atoms with van der Waals surface area (Å²) in [4.78, 5) is 11.7. The van der Waals surface area contributed by atoms with E-state index in [2.05, 4.69) is 15.9 Å². The first-order chi connectivity index (χ1) is 7.15. The van der Waals surface area contributed by atoms with E-state index in [0.717, 1.165) is 16.5 Å². The molecule has 0 aliphatic heterocycles. The highest BCUT2D eigenvalue weighted by atomic mass is 79.9. The Morgan fingerprint density at radius 3 is 2.87 bits per heavy atom. The first kappa shape index (κ1) is 12.4. The molecule has 1 rings (SSSR count). The van der Waals surface area contributed by atoms with Crippen LogP contribution < -0.4 is 0 Å². The Balaban J connectivity index is 2.68. The lowest BCUT2D eigenvalue weighted by Crippen LogP contribution is -2.10. The summed E-state index contributed by atoms with van der Waals surface area (Å²) in [6.07, 6.45) is 0.933. The number of aryl methyl sites for hydroxylation is 1. The summed E-state index contributed by atoms with van der Waals surface area (Å²) in [5, 5.41) is 0. The second-order valence-corrected chi connectivity index (χ2v) is 4.31. The van der Waals surface area contributed by atoms with Gasteiger partial charge in [-0.15, -0.1) is 0 Å². The lowest BCUT2D eigenvalue weighted by Gasteiger charge is -2.05. The number of carbonyl (C=O) groups is 1. The number of carbonyl (C=O) groups excluding carboxylic acids is 1. The number of ether oxygens (including phenoxy) is 1. The normalized spacial score (nSPS) is 10.3. The molecule has 1 aromatic carbocycles. The molecule has 0 heterocycles. The summed E-state index contributed by atoms with van der Waals surface area (Å²) in [7, 11) is 0. The molecule has 0 atom stereocenters. The van der Waals surface area contributed by atoms with Gasteiger partial charge in [-0.05, 0) is 25.5 Å². The summed E-state index contributed by atoms with van der Waals surface area (Å²) in [6.45, 7) is 4.79. The Morgan fingerprint density at radius 1 is 1.47 bits per heavy atom. The average molecular weight is 271 g/mol. The van der Waals surface area contributed by atoms with Crippen LogP contribution in [-0.2, 0) is 4.74 Å². The van der Waals surface area contributed by atoms with Crippen LogP contribution in [0.25, 0.3) is 0 Å². The van der Waals surface area contributed by atoms with E-state index < -0.39 is 0 Å². The summed E-state index contributed by atoms with van der Waals surface area (Å²) in [6, 6.07) is 5.73. The third-order valence-electron chi connectivity index (χ3n) is 2.00. The van der Waals surface area contributed by atoms with Gasteiger partial charge in [-0.1, -0.05) is 34.5 Å². The van der Waals surface area contributed by atoms with Gasteiger partial charge in [0.15, 0.2) is 5.78 Å². The molecule has 2 nitrogen and oxygen atoms in total. The topological polar surface area (TPSA) is 26.3 Å². The van der Waals surface area contributed by atoms with Crippen molar-refractivity contribution in [2.24, 2.45) is 0 Å². The van der Waals surface area contributed by atoms with Gasteiger partial charge in [0.1, 0.15) is 6.61 Å². The Hall–Kier alpha value is -0.670. The van der Waals surface area contributed by atoms with Crippen LogP contribution in [0.4, 0.5) is 0 Å². The first-order valence-corrected chi connectivity index (χ1v) is 5.81. The third kappa shape index (κ3) is 3.76. The number of halogens is 1. The van der Waals surface area contributed by atoms with Crippen LogP contribution in [0.2, 0.25) is 0 Å². The van der Waals surface area contributed by atoms with E-state index in [-0.39, 0.29) is 12.4 Å². The minimum Gasteiger partial charge on any atom is -0.373 e. The molecule has 0 saturated heterocycles. The van der Waals surface area contributed by atoms with Crippen LogP contribution in [0.15, 0.2) is 22.7 Å². The number of hydrogen-bond donors (Lipinski definition) is 0. The molecule has 0 bridgehead atoms. The van der Waals surface area contributed by atoms with Gasteiger partial charge in [0.2, 0.25) is 0 Å². The molecule has 0 aromatic heterocycles. The Bertz CT molecular complexity index is 347. The van der Waals surface area contributed by atoms with Gasteiger partial charge >= 0.3 is 0 Å². The van der Waals surface area contributed by atoms with Crippen LogP contribution in [0.3, 0.4) is 0 Å². The number of rotatable bonds is 5. The maximum absolute atomic E-state index is 11.7. The van der Waals surface area contributed by atoms with Crippen molar-refractivity contribution in [2.75, 3.05) is 13.2 Å². The summed E-state index contributed by atoms with van der Waals surface area (Å²) < 4.78 is 6.06. The van der Waals surface area contributed by atoms with Crippen molar-refractivity contribution in [3.05, 3.63) is 33.8 Å². The van der Waals surface area contributed by atoms with Crippen LogP contribution in [0, 0.1) is 6.92 Å². The van der Waals surface area contributed by atoms with Gasteiger partial charge < -0.3 is 4.74 Å². The molecular weight excluding hydrogens is 256 g/mol. The zero-order valence-electron chi connectivity index (χ0n) is 9.05. The zero-order chi connectivity index (χ0) is 11.3. The summed E-state index contributed by atoms with van der Waals surface area (Å²) >= 11 is 3.36. The molecule has 0 N–H and O–H groups in total. The molecule has 15 heavy (non-hydrogen) atoms. The third-order valence-corrected chi connectivity index (χ3v) is 2.70. The predicted octanol–water partition coefficient (Wildman–Crippen LogP) is 3.37. The fourth-order valence-corrected chi connectivity index (χ4v) is 1.71. The molecule has 0 unspecified atom stereocenters. The van der Waals surface area contributed by atoms with E-state index in [1.165, 1.54) is 0 Å². The number of hydrogen-bond acceptors (Lipinski definition) is 2. The Labute approximate surface area is 98.8 Å². The van der Waals surface area contributed by atoms with Gasteiger partial charge in [0.25, 0.3) is 0 Å². The lowest BCUT2D eigenvalue weighted by molar-refractivity contribution is 0.0760. The SMILES string of the molecule is CCCOCC(=O)c1cc(C)ccc1Br. The second kappa shape index (κ2) is 6.03. The molecule has 0 saturated carbocycles. The molecule has 0 amide bonds. The summed E-state index contributed by atoms with van der Waals surface area (Å²) in [5.41, 5.74) is 1.78. The molecule has 0 radical (unpaired) electrons. The van der Waals surface area contributed by atoms with Crippen molar-refractivity contribution in [2.45, 2.75) is 20.3 Å². The average Bonchev–Trinajstić information content (AvgIpc) is 2.22. The minimum atomic E-state index is 0.0269. The Kier molecular flexibility index (Phi) is 4.99. The van der Waals surface area contributed by atoms with Crippen molar-refractivity contribution >= 4 is 21.7 Å². The fraction of sp³-hybridized carbons (Fsp3) is 0.417. The second-order valence-electron chi connectivity index (χ2n) is 3.46. The minimum absolute atomic E-state index is 0.0269. The molecule has 0 spiro atoms. The largest absolute Gasteiger partial charge is 0.373 e. The maximum Gasteiger partial charge on any atom is 0.189 e. The number of Topliss-reactive ketones (excluding diaryl/α,β-unsaturated/α-hetero) is 1. The molecule has 1 aromatic rings. The van der Waals surface area contributed by atoms with Crippen molar-refractivity contribution in [1.29, 1.82) is 0 Å². The fourth-order valence-electron chi connectivity index (χ4n) is 1.24. The summed E-state index contributed by atoms with van der Waals surface area (Å²) in [5.74, 6) is 0.0269. The maximum atomic E-state index is 11.7. The molecule has 0 aliphatic rings. The van der Waals surface area contributed by atoms with E-state index in [1.807, 2.05) is 32.0 Å². The van der Waals surface area contributed by atoms with Gasteiger partial charge in [-0.2, -0.15) is 0 Å². The van der Waals surface area contributed by atoms with E-state index in [0.29, 0.717) is 12.2 Å². The molecular formula is C12H15BrO2. The molecule has 0 fully saturated rings. The van der Waals surface area contributed by atoms with Gasteiger partial charge in [0.05, 0.1) is 0 Å². The highest BCUT2D eigenvalue weighted by Gasteiger charge is 2.09. The smallest absolute Gasteiger partial charge is 0.189 e. The van der Waals surface area contributed by atoms with Crippen molar-refractivity contribution in [3.63, 3.8) is 0 Å². The van der Waals surface area contributed by atoms with E-state index >= 15 is 0 Å². The van der Waals surface area contributed by atoms with Crippen molar-refractivity contribution in [3.8, 4) is 0 Å². The predicted molar refractivity (Wildman–Crippen MR) is 64.3 cm³/mol. The van der Waals surface area contributed by atoms with Crippen LogP contribution in [0.5, 0.6) is 0 Å². The standard InChI is InChI=1S/C12H15BrO2/c1-3-6-15-8-12(14)10-7-9(2)4-5-11(10)13/h4-5,7H,3,6,8H2,1-2H3. The van der Waals surface area contributed by atoms with Crippen molar-refractivity contribution in [1.82, 2.24) is 0 Å². The van der Waals surface area contributed by atoms with Crippen LogP contribution in [0.1, 0.15) is 29.3 Å².